The van der Waals surface area contributed by atoms with Crippen LogP contribution in [0.4, 0.5) is 0 Å². The monoisotopic (exact) mass is 290 g/mol. The molecule has 1 aliphatic rings. The highest BCUT2D eigenvalue weighted by Crippen LogP contribution is 2.20. The van der Waals surface area contributed by atoms with Crippen LogP contribution in [-0.4, -0.2) is 51.2 Å². The molecule has 1 unspecified atom stereocenters. The Morgan fingerprint density at radius 2 is 2.17 bits per heavy atom. The number of nitrogens with zero attached hydrogens (tertiary/aromatic N) is 2. The lowest BCUT2D eigenvalue weighted by Gasteiger charge is -2.31. The first-order valence-electron chi connectivity index (χ1n) is 6.38. The van der Waals surface area contributed by atoms with Crippen LogP contribution in [0.1, 0.15) is 0 Å². The molecule has 0 aromatic rings. The third-order valence-corrected chi connectivity index (χ3v) is 4.97. The smallest absolute Gasteiger partial charge is 0.196 e. The molecule has 0 fully saturated rings. The average molecular weight is 291 g/mol. The average Bonchev–Trinajstić information content (AvgIpc) is 2.67. The number of quaternary nitrogens is 1. The molecule has 104 valence electrons. The van der Waals surface area contributed by atoms with Crippen LogP contribution in [-0.2, 0) is 4.74 Å². The zero-order chi connectivity index (χ0) is 13.6. The van der Waals surface area contributed by atoms with E-state index in [0.717, 1.165) is 18.8 Å². The molecule has 0 saturated heterocycles. The van der Waals surface area contributed by atoms with Gasteiger partial charge in [0.05, 0.1) is 25.2 Å². The summed E-state index contributed by atoms with van der Waals surface area (Å²) >= 11 is 5.88. The van der Waals surface area contributed by atoms with Gasteiger partial charge in [-0.1, -0.05) is 19.6 Å². The van der Waals surface area contributed by atoms with Gasteiger partial charge in [0, 0.05) is 8.07 Å². The number of rotatable bonds is 8. The fourth-order valence-corrected chi connectivity index (χ4v) is 2.87. The first kappa shape index (κ1) is 15.9. The summed E-state index contributed by atoms with van der Waals surface area (Å²) in [5.74, 6) is 0.570. The molecule has 0 amide bonds. The van der Waals surface area contributed by atoms with Gasteiger partial charge in [-0.05, 0) is 6.04 Å². The van der Waals surface area contributed by atoms with E-state index in [0.29, 0.717) is 23.6 Å². The van der Waals surface area contributed by atoms with Gasteiger partial charge in [0.15, 0.2) is 13.1 Å². The lowest BCUT2D eigenvalue weighted by atomic mass is 10.3. The van der Waals surface area contributed by atoms with Crippen molar-refractivity contribution in [1.29, 1.82) is 0 Å². The lowest BCUT2D eigenvalue weighted by molar-refractivity contribution is -0.814. The number of halogens is 1. The summed E-state index contributed by atoms with van der Waals surface area (Å²) in [5, 5.41) is 0. The predicted molar refractivity (Wildman–Crippen MR) is 80.4 cm³/mol. The van der Waals surface area contributed by atoms with Crippen molar-refractivity contribution in [3.8, 4) is 0 Å². The van der Waals surface area contributed by atoms with Crippen molar-refractivity contribution in [1.82, 2.24) is 0 Å². The van der Waals surface area contributed by atoms with Crippen LogP contribution in [0.3, 0.4) is 0 Å². The highest BCUT2D eigenvalue weighted by Gasteiger charge is 2.33. The van der Waals surface area contributed by atoms with Crippen LogP contribution in [0, 0.1) is 0 Å². The quantitative estimate of drug-likeness (QED) is 0.322. The van der Waals surface area contributed by atoms with Crippen molar-refractivity contribution in [3.05, 3.63) is 11.9 Å². The molecule has 0 bridgehead atoms. The molecule has 1 rings (SSSR count). The van der Waals surface area contributed by atoms with Crippen LogP contribution in [0.5, 0.6) is 0 Å². The van der Waals surface area contributed by atoms with Crippen LogP contribution < -0.4 is 5.73 Å². The zero-order valence-corrected chi connectivity index (χ0v) is 13.4. The van der Waals surface area contributed by atoms with Crippen molar-refractivity contribution < 1.29 is 9.22 Å². The molecular weight excluding hydrogens is 266 g/mol. The number of hydrogen-bond donors (Lipinski definition) is 1. The predicted octanol–water partition coefficient (Wildman–Crippen LogP) is 2.20. The number of alkyl halides is 1. The van der Waals surface area contributed by atoms with Gasteiger partial charge in [0.2, 0.25) is 0 Å². The largest absolute Gasteiger partial charge is 0.331 e. The topological polar surface area (TPSA) is 47.6 Å². The fourth-order valence-electron chi connectivity index (χ4n) is 1.81. The maximum absolute atomic E-state index is 5.88. The van der Waals surface area contributed by atoms with Gasteiger partial charge in [-0.25, -0.2) is 9.48 Å². The molecule has 0 aromatic carbocycles. The van der Waals surface area contributed by atoms with Crippen LogP contribution in [0.2, 0.25) is 25.7 Å². The first-order chi connectivity index (χ1) is 8.43. The Bertz CT molecular complexity index is 328. The highest BCUT2D eigenvalue weighted by molar-refractivity contribution is 6.76. The third kappa shape index (κ3) is 4.48. The van der Waals surface area contributed by atoms with Crippen LogP contribution in [0.25, 0.3) is 0 Å². The SMILES string of the molecule is C[Si](C)(C)CCOC[N+]1(CCCl)C=NC=C1CN. The Balaban J connectivity index is 2.50. The van der Waals surface area contributed by atoms with E-state index in [2.05, 4.69) is 24.6 Å². The van der Waals surface area contributed by atoms with Gasteiger partial charge >= 0.3 is 0 Å². The number of nitrogens with two attached hydrogens (primary N) is 1. The molecule has 18 heavy (non-hydrogen) atoms. The van der Waals surface area contributed by atoms with E-state index >= 15 is 0 Å². The second kappa shape index (κ2) is 6.82. The minimum Gasteiger partial charge on any atom is -0.331 e. The molecule has 0 radical (unpaired) electrons. The van der Waals surface area contributed by atoms with Crippen molar-refractivity contribution >= 4 is 26.0 Å². The number of ether oxygens (including phenoxy) is 1. The van der Waals surface area contributed by atoms with Gasteiger partial charge in [-0.15, -0.1) is 11.6 Å². The Labute approximate surface area is 116 Å². The van der Waals surface area contributed by atoms with Crippen LogP contribution >= 0.6 is 11.6 Å². The second-order valence-corrected chi connectivity index (χ2v) is 11.9. The van der Waals surface area contributed by atoms with E-state index < -0.39 is 8.07 Å². The molecule has 2 N–H and O–H groups in total. The van der Waals surface area contributed by atoms with E-state index in [-0.39, 0.29) is 0 Å². The minimum absolute atomic E-state index is 0.494. The Hall–Kier alpha value is -0.203. The summed E-state index contributed by atoms with van der Waals surface area (Å²) in [6.07, 6.45) is 3.72. The maximum Gasteiger partial charge on any atom is 0.196 e. The molecule has 0 aliphatic carbocycles. The number of hydrogen-bond acceptors (Lipinski definition) is 3. The van der Waals surface area contributed by atoms with Crippen molar-refractivity contribution in [2.75, 3.05) is 32.3 Å². The Morgan fingerprint density at radius 1 is 1.44 bits per heavy atom. The fraction of sp³-hybridized carbons (Fsp3) is 0.750. The molecule has 0 spiro atoms. The molecule has 1 heterocycles. The van der Waals surface area contributed by atoms with Gasteiger partial charge in [-0.2, -0.15) is 0 Å². The first-order valence-corrected chi connectivity index (χ1v) is 10.6. The molecule has 6 heteroatoms. The Kier molecular flexibility index (Phi) is 6.00. The summed E-state index contributed by atoms with van der Waals surface area (Å²) in [6.45, 7) is 9.72. The summed E-state index contributed by atoms with van der Waals surface area (Å²) in [5.41, 5.74) is 6.83. The summed E-state index contributed by atoms with van der Waals surface area (Å²) in [7, 11) is -1.03. The standard InChI is InChI=1S/C12H25ClN3OSi/c1-18(2,3)7-6-17-11-16(5-4-13)10-15-9-12(16)8-14/h9-10H,4-8,11,14H2,1-3H3/q+1. The molecule has 0 saturated carbocycles. The molecule has 0 aromatic heterocycles. The number of aliphatic imine (C=N–C) groups is 1. The molecule has 1 atom stereocenters. The van der Waals surface area contributed by atoms with Crippen LogP contribution in [0.15, 0.2) is 16.9 Å². The van der Waals surface area contributed by atoms with Gasteiger partial charge in [0.1, 0.15) is 12.2 Å². The van der Waals surface area contributed by atoms with E-state index in [4.69, 9.17) is 22.1 Å². The molecule has 1 aliphatic heterocycles. The van der Waals surface area contributed by atoms with E-state index in [1.54, 1.807) is 0 Å². The second-order valence-electron chi connectivity index (χ2n) is 5.88. The highest BCUT2D eigenvalue weighted by atomic mass is 35.5. The molecule has 4 nitrogen and oxygen atoms in total. The lowest BCUT2D eigenvalue weighted by Crippen LogP contribution is -2.49. The summed E-state index contributed by atoms with van der Waals surface area (Å²) in [4.78, 5) is 4.21. The van der Waals surface area contributed by atoms with E-state index in [9.17, 15) is 0 Å². The minimum atomic E-state index is -1.03. The van der Waals surface area contributed by atoms with Gasteiger partial charge in [0.25, 0.3) is 0 Å². The van der Waals surface area contributed by atoms with Crippen molar-refractivity contribution in [3.63, 3.8) is 0 Å². The van der Waals surface area contributed by atoms with E-state index in [1.807, 2.05) is 12.5 Å². The van der Waals surface area contributed by atoms with Gasteiger partial charge in [-0.3, -0.25) is 0 Å². The van der Waals surface area contributed by atoms with Crippen molar-refractivity contribution in [2.24, 2.45) is 10.7 Å². The van der Waals surface area contributed by atoms with Crippen molar-refractivity contribution in [2.45, 2.75) is 25.7 Å². The van der Waals surface area contributed by atoms with Gasteiger partial charge < -0.3 is 10.5 Å². The third-order valence-electron chi connectivity index (χ3n) is 3.09. The summed E-state index contributed by atoms with van der Waals surface area (Å²) in [6, 6.07) is 1.17. The van der Waals surface area contributed by atoms with E-state index in [1.165, 1.54) is 6.04 Å². The molecular formula is C12H25ClN3OSi+. The summed E-state index contributed by atoms with van der Waals surface area (Å²) < 4.78 is 6.40. The Morgan fingerprint density at radius 3 is 2.72 bits per heavy atom. The normalized spacial score (nSPS) is 23.5. The zero-order valence-electron chi connectivity index (χ0n) is 11.7. The maximum atomic E-state index is 5.88.